The maximum absolute atomic E-state index is 8.84. The van der Waals surface area contributed by atoms with E-state index in [-0.39, 0.29) is 29.7 Å². The van der Waals surface area contributed by atoms with E-state index in [2.05, 4.69) is 91.0 Å². The summed E-state index contributed by atoms with van der Waals surface area (Å²) in [7, 11) is 0. The van der Waals surface area contributed by atoms with Crippen LogP contribution in [-0.4, -0.2) is 0 Å². The molecule has 0 bridgehead atoms. The van der Waals surface area contributed by atoms with Gasteiger partial charge in [0.15, 0.2) is 0 Å². The summed E-state index contributed by atoms with van der Waals surface area (Å²) in [6, 6.07) is 42.4. The minimum Gasteiger partial charge on any atom is -0.0622 e. The molecule has 0 saturated heterocycles. The van der Waals surface area contributed by atoms with E-state index in [9.17, 15) is 0 Å². The van der Waals surface area contributed by atoms with E-state index in [0.717, 1.165) is 49.0 Å². The average Bonchev–Trinajstić information content (AvgIpc) is 3.09. The molecule has 40 heavy (non-hydrogen) atoms. The molecule has 8 rings (SSSR count). The second-order valence-electron chi connectivity index (χ2n) is 10.1. The Hall–Kier alpha value is -5.20. The van der Waals surface area contributed by atoms with Crippen molar-refractivity contribution >= 4 is 43.1 Å². The maximum Gasteiger partial charge on any atom is 0.0629 e. The molecular weight excluding hydrogens is 480 g/mol. The predicted octanol–water partition coefficient (Wildman–Crippen LogP) is 11.3. The van der Waals surface area contributed by atoms with Crippen LogP contribution in [0.5, 0.6) is 0 Å². The molecule has 0 aliphatic heterocycles. The number of rotatable bonds is 3. The first-order valence-corrected chi connectivity index (χ1v) is 13.5. The minimum atomic E-state index is -0.392. The fourth-order valence-electron chi connectivity index (χ4n) is 6.28. The normalized spacial score (nSPS) is 13.2. The molecule has 0 aliphatic carbocycles. The van der Waals surface area contributed by atoms with Gasteiger partial charge in [0.1, 0.15) is 0 Å². The molecule has 0 heterocycles. The molecule has 0 nitrogen and oxygen atoms in total. The van der Waals surface area contributed by atoms with Crippen LogP contribution in [-0.2, 0) is 0 Å². The van der Waals surface area contributed by atoms with Crippen LogP contribution in [0.25, 0.3) is 76.5 Å². The van der Waals surface area contributed by atoms with Crippen molar-refractivity contribution in [1.82, 2.24) is 0 Å². The van der Waals surface area contributed by atoms with Crippen LogP contribution in [0.4, 0.5) is 0 Å². The molecule has 0 aromatic heterocycles. The van der Waals surface area contributed by atoms with E-state index < -0.39 is 6.04 Å². The van der Waals surface area contributed by atoms with Gasteiger partial charge in [-0.1, -0.05) is 158 Å². The van der Waals surface area contributed by atoms with Gasteiger partial charge in [-0.25, -0.2) is 0 Å². The molecule has 8 aromatic rings. The Bertz CT molecular complexity index is 2400. The van der Waals surface area contributed by atoms with Crippen LogP contribution in [0, 0.1) is 0 Å². The van der Waals surface area contributed by atoms with Crippen molar-refractivity contribution in [3.8, 4) is 33.4 Å². The summed E-state index contributed by atoms with van der Waals surface area (Å²) in [5.41, 5.74) is 5.35. The number of hydrogen-bond donors (Lipinski definition) is 0. The van der Waals surface area contributed by atoms with E-state index in [1.54, 1.807) is 0 Å². The van der Waals surface area contributed by atoms with Crippen LogP contribution in [0.2, 0.25) is 0 Å². The molecule has 186 valence electrons. The van der Waals surface area contributed by atoms with Gasteiger partial charge in [-0.05, 0) is 76.5 Å². The second-order valence-corrected chi connectivity index (χ2v) is 10.1. The smallest absolute Gasteiger partial charge is 0.0622 e. The topological polar surface area (TPSA) is 0 Å². The largest absolute Gasteiger partial charge is 0.0629 e. The van der Waals surface area contributed by atoms with Gasteiger partial charge < -0.3 is 0 Å². The van der Waals surface area contributed by atoms with Crippen molar-refractivity contribution in [2.75, 3.05) is 0 Å². The molecule has 0 fully saturated rings. The fraction of sp³-hybridized carbons (Fsp3) is 0. The van der Waals surface area contributed by atoms with Gasteiger partial charge in [-0.2, -0.15) is 0 Å². The van der Waals surface area contributed by atoms with Crippen molar-refractivity contribution in [3.63, 3.8) is 0 Å². The van der Waals surface area contributed by atoms with Crippen molar-refractivity contribution < 1.29 is 6.85 Å². The summed E-state index contributed by atoms with van der Waals surface area (Å²) in [6.07, 6.45) is 0. The first-order chi connectivity index (χ1) is 22.0. The Morgan fingerprint density at radius 2 is 0.775 bits per heavy atom. The Balaban J connectivity index is 1.50. The van der Waals surface area contributed by atoms with Crippen LogP contribution >= 0.6 is 0 Å². The van der Waals surface area contributed by atoms with Crippen LogP contribution in [0.15, 0.2) is 158 Å². The summed E-state index contributed by atoms with van der Waals surface area (Å²) in [4.78, 5) is 0. The molecule has 0 saturated carbocycles. The van der Waals surface area contributed by atoms with E-state index in [0.29, 0.717) is 5.56 Å². The Morgan fingerprint density at radius 3 is 1.43 bits per heavy atom. The van der Waals surface area contributed by atoms with Crippen LogP contribution in [0.1, 0.15) is 6.85 Å². The zero-order valence-corrected chi connectivity index (χ0v) is 21.6. The average molecular weight is 512 g/mol. The summed E-state index contributed by atoms with van der Waals surface area (Å²) in [5.74, 6) is 0. The third kappa shape index (κ3) is 3.47. The minimum absolute atomic E-state index is 0.200. The zero-order chi connectivity index (χ0) is 30.8. The van der Waals surface area contributed by atoms with E-state index >= 15 is 0 Å². The summed E-state index contributed by atoms with van der Waals surface area (Å²) in [5, 5.41) is 8.27. The lowest BCUT2D eigenvalue weighted by atomic mass is 9.83. The van der Waals surface area contributed by atoms with Crippen molar-refractivity contribution in [1.29, 1.82) is 0 Å². The zero-order valence-electron chi connectivity index (χ0n) is 26.6. The third-order valence-electron chi connectivity index (χ3n) is 7.95. The summed E-state index contributed by atoms with van der Waals surface area (Å²) < 4.78 is 42.7. The lowest BCUT2D eigenvalue weighted by Crippen LogP contribution is -1.92. The molecular formula is C40H26. The van der Waals surface area contributed by atoms with Crippen molar-refractivity contribution in [2.45, 2.75) is 0 Å². The van der Waals surface area contributed by atoms with Gasteiger partial charge in [-0.15, -0.1) is 0 Å². The lowest BCUT2D eigenvalue weighted by Gasteiger charge is -2.20. The number of benzene rings is 8. The molecule has 0 heteroatoms. The third-order valence-corrected chi connectivity index (χ3v) is 7.95. The van der Waals surface area contributed by atoms with Crippen LogP contribution < -0.4 is 0 Å². The number of hydrogen-bond acceptors (Lipinski definition) is 0. The second kappa shape index (κ2) is 9.22. The highest BCUT2D eigenvalue weighted by molar-refractivity contribution is 6.24. The lowest BCUT2D eigenvalue weighted by molar-refractivity contribution is 1.65. The summed E-state index contributed by atoms with van der Waals surface area (Å²) >= 11 is 0. The molecule has 0 radical (unpaired) electrons. The van der Waals surface area contributed by atoms with Crippen molar-refractivity contribution in [3.05, 3.63) is 158 Å². The van der Waals surface area contributed by atoms with E-state index in [1.807, 2.05) is 36.4 Å². The molecule has 0 atom stereocenters. The first-order valence-electron chi connectivity index (χ1n) is 16.0. The van der Waals surface area contributed by atoms with E-state index in [1.165, 1.54) is 16.3 Å². The van der Waals surface area contributed by atoms with Gasteiger partial charge >= 0.3 is 0 Å². The fourth-order valence-corrected chi connectivity index (χ4v) is 6.28. The molecule has 8 aromatic carbocycles. The Labute approximate surface area is 240 Å². The van der Waals surface area contributed by atoms with Gasteiger partial charge in [-0.3, -0.25) is 0 Å². The molecule has 0 N–H and O–H groups in total. The van der Waals surface area contributed by atoms with Gasteiger partial charge in [0, 0.05) is 0 Å². The standard InChI is InChI=1S/C40H26/c1-2-14-28(15-3-1)39-34-20-8-10-22-36(34)40(37-23-11-9-21-35(37)39)38-26-25-33(31-18-6-7-19-32(31)38)30-24-12-16-27-13-4-5-17-29(27)30/h1-26H/i1D,2D,3D,14D,15D. The monoisotopic (exact) mass is 511 g/mol. The molecule has 0 amide bonds. The summed E-state index contributed by atoms with van der Waals surface area (Å²) in [6.45, 7) is 0. The van der Waals surface area contributed by atoms with E-state index in [4.69, 9.17) is 6.85 Å². The SMILES string of the molecule is [2H]c1c([2H])c([2H])c(-c2c3ccccc3c(-c3ccc(-c4cccc5ccccc45)c4ccccc34)c3ccccc23)c([2H])c1[2H]. The Morgan fingerprint density at radius 1 is 0.325 bits per heavy atom. The van der Waals surface area contributed by atoms with Gasteiger partial charge in [0.25, 0.3) is 0 Å². The molecule has 0 aliphatic rings. The van der Waals surface area contributed by atoms with Gasteiger partial charge in [0.05, 0.1) is 6.85 Å². The predicted molar refractivity (Wildman–Crippen MR) is 173 cm³/mol. The first kappa shape index (κ1) is 18.2. The highest BCUT2D eigenvalue weighted by Gasteiger charge is 2.19. The van der Waals surface area contributed by atoms with Crippen molar-refractivity contribution in [2.24, 2.45) is 0 Å². The molecule has 0 spiro atoms. The highest BCUT2D eigenvalue weighted by Crippen LogP contribution is 2.46. The maximum atomic E-state index is 8.84. The van der Waals surface area contributed by atoms with Gasteiger partial charge in [0.2, 0.25) is 0 Å². The Kier molecular flexibility index (Phi) is 4.18. The highest BCUT2D eigenvalue weighted by atomic mass is 14.2. The van der Waals surface area contributed by atoms with Crippen LogP contribution in [0.3, 0.4) is 0 Å². The quantitative estimate of drug-likeness (QED) is 0.207. The molecule has 0 unspecified atom stereocenters. The number of fused-ring (bicyclic) bond motifs is 4.